The first-order chi connectivity index (χ1) is 5.86. The SMILES string of the molecule is CC1CCN(C2CCC[N]2)CC1. The van der Waals surface area contributed by atoms with Gasteiger partial charge in [-0.3, -0.25) is 4.90 Å². The van der Waals surface area contributed by atoms with Gasteiger partial charge >= 0.3 is 0 Å². The fraction of sp³-hybridized carbons (Fsp3) is 1.00. The highest BCUT2D eigenvalue weighted by molar-refractivity contribution is 4.79. The third kappa shape index (κ3) is 1.80. The molecule has 2 saturated heterocycles. The quantitative estimate of drug-likeness (QED) is 0.577. The maximum Gasteiger partial charge on any atom is 0.0761 e. The van der Waals surface area contributed by atoms with E-state index in [1.165, 1.54) is 38.8 Å². The molecule has 2 fully saturated rings. The molecule has 1 atom stereocenters. The number of nitrogens with zero attached hydrogens (tertiary/aromatic N) is 2. The van der Waals surface area contributed by atoms with E-state index < -0.39 is 0 Å². The molecule has 0 spiro atoms. The van der Waals surface area contributed by atoms with Crippen molar-refractivity contribution < 1.29 is 0 Å². The molecule has 12 heavy (non-hydrogen) atoms. The van der Waals surface area contributed by atoms with Gasteiger partial charge < -0.3 is 0 Å². The Morgan fingerprint density at radius 2 is 1.92 bits per heavy atom. The van der Waals surface area contributed by atoms with Crippen molar-refractivity contribution in [1.82, 2.24) is 10.2 Å². The molecular formula is C10H19N2. The van der Waals surface area contributed by atoms with Crippen LogP contribution in [0.25, 0.3) is 0 Å². The number of piperidine rings is 1. The maximum absolute atomic E-state index is 4.61. The largest absolute Gasteiger partial charge is 0.287 e. The van der Waals surface area contributed by atoms with Crippen LogP contribution < -0.4 is 5.32 Å². The Labute approximate surface area is 75.3 Å². The minimum absolute atomic E-state index is 0.595. The van der Waals surface area contributed by atoms with E-state index in [1.807, 2.05) is 0 Å². The Balaban J connectivity index is 1.80. The molecule has 0 amide bonds. The van der Waals surface area contributed by atoms with E-state index in [9.17, 15) is 0 Å². The van der Waals surface area contributed by atoms with Gasteiger partial charge in [0.05, 0.1) is 6.17 Å². The molecule has 2 aliphatic heterocycles. The summed E-state index contributed by atoms with van der Waals surface area (Å²) >= 11 is 0. The average molecular weight is 167 g/mol. The zero-order valence-electron chi connectivity index (χ0n) is 8.00. The van der Waals surface area contributed by atoms with Gasteiger partial charge in [-0.2, -0.15) is 0 Å². The smallest absolute Gasteiger partial charge is 0.0761 e. The normalized spacial score (nSPS) is 34.2. The third-order valence-electron chi connectivity index (χ3n) is 3.20. The second-order valence-electron chi connectivity index (χ2n) is 4.25. The molecule has 2 nitrogen and oxygen atoms in total. The summed E-state index contributed by atoms with van der Waals surface area (Å²) in [7, 11) is 0. The molecule has 0 saturated carbocycles. The predicted octanol–water partition coefficient (Wildman–Crippen LogP) is 1.44. The Hall–Kier alpha value is -0.0800. The Kier molecular flexibility index (Phi) is 2.66. The first-order valence-electron chi connectivity index (χ1n) is 5.27. The Morgan fingerprint density at radius 1 is 1.17 bits per heavy atom. The van der Waals surface area contributed by atoms with Crippen LogP contribution >= 0.6 is 0 Å². The minimum atomic E-state index is 0.595. The van der Waals surface area contributed by atoms with Crippen molar-refractivity contribution in [2.45, 2.75) is 38.8 Å². The molecule has 2 heteroatoms. The lowest BCUT2D eigenvalue weighted by atomic mass is 9.99. The van der Waals surface area contributed by atoms with Gasteiger partial charge in [0.15, 0.2) is 0 Å². The van der Waals surface area contributed by atoms with Gasteiger partial charge in [0, 0.05) is 6.54 Å². The van der Waals surface area contributed by atoms with E-state index in [0.29, 0.717) is 6.17 Å². The lowest BCUT2D eigenvalue weighted by molar-refractivity contribution is 0.126. The maximum atomic E-state index is 4.61. The molecule has 0 N–H and O–H groups in total. The highest BCUT2D eigenvalue weighted by atomic mass is 15.3. The van der Waals surface area contributed by atoms with E-state index in [4.69, 9.17) is 0 Å². The van der Waals surface area contributed by atoms with Crippen LogP contribution in [0.1, 0.15) is 32.6 Å². The summed E-state index contributed by atoms with van der Waals surface area (Å²) in [5.41, 5.74) is 0. The van der Waals surface area contributed by atoms with Crippen molar-refractivity contribution in [2.24, 2.45) is 5.92 Å². The van der Waals surface area contributed by atoms with Crippen LogP contribution in [0.4, 0.5) is 0 Å². The molecule has 0 aromatic carbocycles. The first kappa shape index (κ1) is 8.52. The predicted molar refractivity (Wildman–Crippen MR) is 50.0 cm³/mol. The molecule has 1 unspecified atom stereocenters. The number of hydrogen-bond donors (Lipinski definition) is 0. The second-order valence-corrected chi connectivity index (χ2v) is 4.25. The van der Waals surface area contributed by atoms with Crippen LogP contribution in [-0.4, -0.2) is 30.7 Å². The first-order valence-corrected chi connectivity index (χ1v) is 5.27. The number of likely N-dealkylation sites (tertiary alicyclic amines) is 1. The summed E-state index contributed by atoms with van der Waals surface area (Å²) < 4.78 is 0. The van der Waals surface area contributed by atoms with Crippen molar-refractivity contribution in [2.75, 3.05) is 19.6 Å². The zero-order valence-corrected chi connectivity index (χ0v) is 8.00. The summed E-state index contributed by atoms with van der Waals surface area (Å²) in [5, 5.41) is 4.61. The fourth-order valence-electron chi connectivity index (χ4n) is 2.23. The summed E-state index contributed by atoms with van der Waals surface area (Å²) in [6.07, 6.45) is 5.99. The summed E-state index contributed by atoms with van der Waals surface area (Å²) in [5.74, 6) is 0.947. The van der Waals surface area contributed by atoms with Gasteiger partial charge in [0.1, 0.15) is 0 Å². The number of rotatable bonds is 1. The summed E-state index contributed by atoms with van der Waals surface area (Å²) in [4.78, 5) is 2.58. The zero-order chi connectivity index (χ0) is 8.39. The van der Waals surface area contributed by atoms with Crippen LogP contribution in [0.3, 0.4) is 0 Å². The van der Waals surface area contributed by atoms with Crippen molar-refractivity contribution in [3.63, 3.8) is 0 Å². The topological polar surface area (TPSA) is 17.3 Å². The van der Waals surface area contributed by atoms with Crippen molar-refractivity contribution in [3.8, 4) is 0 Å². The van der Waals surface area contributed by atoms with E-state index in [1.54, 1.807) is 0 Å². The van der Waals surface area contributed by atoms with Gasteiger partial charge in [-0.15, -0.1) is 0 Å². The van der Waals surface area contributed by atoms with Crippen LogP contribution in [0.15, 0.2) is 0 Å². The molecule has 2 rings (SSSR count). The minimum Gasteiger partial charge on any atom is -0.287 e. The third-order valence-corrected chi connectivity index (χ3v) is 3.20. The molecule has 0 aliphatic carbocycles. The van der Waals surface area contributed by atoms with Gasteiger partial charge in [0.25, 0.3) is 0 Å². The van der Waals surface area contributed by atoms with Crippen LogP contribution in [-0.2, 0) is 0 Å². The molecular weight excluding hydrogens is 148 g/mol. The molecule has 2 heterocycles. The van der Waals surface area contributed by atoms with Crippen LogP contribution in [0.2, 0.25) is 0 Å². The molecule has 1 radical (unpaired) electrons. The van der Waals surface area contributed by atoms with E-state index in [-0.39, 0.29) is 0 Å². The average Bonchev–Trinajstić information content (AvgIpc) is 2.58. The van der Waals surface area contributed by atoms with Gasteiger partial charge in [-0.05, 0) is 44.7 Å². The highest BCUT2D eigenvalue weighted by Crippen LogP contribution is 2.21. The van der Waals surface area contributed by atoms with Crippen molar-refractivity contribution in [1.29, 1.82) is 0 Å². The fourth-order valence-corrected chi connectivity index (χ4v) is 2.23. The summed E-state index contributed by atoms with van der Waals surface area (Å²) in [6, 6.07) is 0. The molecule has 0 aromatic heterocycles. The Morgan fingerprint density at radius 3 is 2.50 bits per heavy atom. The van der Waals surface area contributed by atoms with Gasteiger partial charge in [0.2, 0.25) is 0 Å². The van der Waals surface area contributed by atoms with E-state index >= 15 is 0 Å². The highest BCUT2D eigenvalue weighted by Gasteiger charge is 2.25. The number of hydrogen-bond acceptors (Lipinski definition) is 1. The standard InChI is InChI=1S/C10H19N2/c1-9-4-7-12(8-5-9)10-3-2-6-11-10/h9-10H,2-8H2,1H3. The van der Waals surface area contributed by atoms with Crippen molar-refractivity contribution >= 4 is 0 Å². The second kappa shape index (κ2) is 3.75. The van der Waals surface area contributed by atoms with E-state index in [0.717, 1.165) is 12.5 Å². The molecule has 2 aliphatic rings. The van der Waals surface area contributed by atoms with Crippen LogP contribution in [0.5, 0.6) is 0 Å². The van der Waals surface area contributed by atoms with Gasteiger partial charge in [-0.25, -0.2) is 5.32 Å². The van der Waals surface area contributed by atoms with Gasteiger partial charge in [-0.1, -0.05) is 6.92 Å². The summed E-state index contributed by atoms with van der Waals surface area (Å²) in [6.45, 7) is 6.05. The molecule has 69 valence electrons. The monoisotopic (exact) mass is 167 g/mol. The van der Waals surface area contributed by atoms with Crippen LogP contribution in [0, 0.1) is 5.92 Å². The Bertz CT molecular complexity index is 133. The lowest BCUT2D eigenvalue weighted by Gasteiger charge is -2.34. The van der Waals surface area contributed by atoms with Crippen molar-refractivity contribution in [3.05, 3.63) is 0 Å². The molecule has 0 bridgehead atoms. The van der Waals surface area contributed by atoms with E-state index in [2.05, 4.69) is 17.1 Å². The molecule has 0 aromatic rings. The lowest BCUT2D eigenvalue weighted by Crippen LogP contribution is -2.43.